The van der Waals surface area contributed by atoms with Crippen molar-refractivity contribution in [1.29, 1.82) is 0 Å². The number of rotatable bonds is 6. The normalized spacial score (nSPS) is 53.7. The Morgan fingerprint density at radius 2 is 1.39 bits per heavy atom. The van der Waals surface area contributed by atoms with E-state index < -0.39 is 92.3 Å². The number of ether oxygens (including phenoxy) is 6. The Kier molecular flexibility index (Phi) is 8.68. The summed E-state index contributed by atoms with van der Waals surface area (Å²) >= 11 is 0. The third-order valence-corrected chi connectivity index (χ3v) is 6.20. The van der Waals surface area contributed by atoms with Crippen molar-refractivity contribution in [2.45, 2.75) is 106 Å². The van der Waals surface area contributed by atoms with Gasteiger partial charge in [0.15, 0.2) is 25.0 Å². The van der Waals surface area contributed by atoms with E-state index in [4.69, 9.17) is 28.4 Å². The van der Waals surface area contributed by atoms with Crippen molar-refractivity contribution < 1.29 is 69.3 Å². The van der Waals surface area contributed by atoms with E-state index in [1.54, 1.807) is 0 Å². The molecule has 3 aliphatic heterocycles. The molecule has 0 bridgehead atoms. The van der Waals surface area contributed by atoms with Crippen LogP contribution in [-0.4, -0.2) is 140 Å². The van der Waals surface area contributed by atoms with Crippen LogP contribution in [0.1, 0.15) is 20.3 Å². The molecule has 0 amide bonds. The zero-order valence-corrected chi connectivity index (χ0v) is 18.4. The Labute approximate surface area is 189 Å². The lowest BCUT2D eigenvalue weighted by Crippen LogP contribution is -2.66. The molecule has 0 aromatic carbocycles. The molecule has 3 rings (SSSR count). The lowest BCUT2D eigenvalue weighted by atomic mass is 9.96. The summed E-state index contributed by atoms with van der Waals surface area (Å²) in [5.74, 6) is -2.36. The Bertz CT molecular complexity index is 640. The fourth-order valence-corrected chi connectivity index (χ4v) is 4.15. The maximum Gasteiger partial charge on any atom is 0.202 e. The van der Waals surface area contributed by atoms with Crippen molar-refractivity contribution in [2.24, 2.45) is 0 Å². The minimum Gasteiger partial charge on any atom is -0.394 e. The van der Waals surface area contributed by atoms with Crippen molar-refractivity contribution in [1.82, 2.24) is 0 Å². The first-order valence-electron chi connectivity index (χ1n) is 10.7. The summed E-state index contributed by atoms with van der Waals surface area (Å²) in [5, 5.41) is 81.8. The zero-order valence-electron chi connectivity index (χ0n) is 18.4. The molecule has 14 atom stereocenters. The van der Waals surface area contributed by atoms with Gasteiger partial charge < -0.3 is 69.3 Å². The Morgan fingerprint density at radius 1 is 0.788 bits per heavy atom. The van der Waals surface area contributed by atoms with Gasteiger partial charge in [0, 0.05) is 13.5 Å². The van der Waals surface area contributed by atoms with Gasteiger partial charge in [-0.1, -0.05) is 0 Å². The first-order valence-corrected chi connectivity index (χ1v) is 10.7. The van der Waals surface area contributed by atoms with Gasteiger partial charge in [-0.05, 0) is 13.8 Å². The predicted octanol–water partition coefficient (Wildman–Crippen LogP) is -4.51. The average molecular weight is 486 g/mol. The van der Waals surface area contributed by atoms with Crippen molar-refractivity contribution >= 4 is 0 Å². The monoisotopic (exact) mass is 486 g/mol. The quantitative estimate of drug-likeness (QED) is 0.166. The number of methoxy groups -OCH3 is 1. The molecule has 0 aromatic rings. The molecule has 0 aromatic heterocycles. The molecule has 0 spiro atoms. The predicted molar refractivity (Wildman–Crippen MR) is 103 cm³/mol. The van der Waals surface area contributed by atoms with Crippen LogP contribution in [0.3, 0.4) is 0 Å². The third kappa shape index (κ3) is 5.34. The maximum absolute atomic E-state index is 10.9. The highest BCUT2D eigenvalue weighted by Gasteiger charge is 2.55. The van der Waals surface area contributed by atoms with E-state index in [1.165, 1.54) is 21.0 Å². The van der Waals surface area contributed by atoms with E-state index in [2.05, 4.69) is 0 Å². The molecular formula is C19H34O14. The Morgan fingerprint density at radius 3 is 2.00 bits per heavy atom. The Balaban J connectivity index is 1.69. The molecule has 14 nitrogen and oxygen atoms in total. The molecule has 3 aliphatic rings. The van der Waals surface area contributed by atoms with Crippen molar-refractivity contribution in [3.63, 3.8) is 0 Å². The van der Waals surface area contributed by atoms with E-state index in [9.17, 15) is 40.9 Å². The van der Waals surface area contributed by atoms with E-state index >= 15 is 0 Å². The largest absolute Gasteiger partial charge is 0.394 e. The lowest BCUT2D eigenvalue weighted by Gasteiger charge is -2.49. The maximum atomic E-state index is 10.9. The van der Waals surface area contributed by atoms with Crippen LogP contribution in [0.2, 0.25) is 0 Å². The van der Waals surface area contributed by atoms with Gasteiger partial charge in [0.05, 0.1) is 24.9 Å². The molecule has 0 radical (unpaired) electrons. The highest BCUT2D eigenvalue weighted by molar-refractivity contribution is 4.95. The fraction of sp³-hybridized carbons (Fsp3) is 1.00. The molecule has 33 heavy (non-hydrogen) atoms. The van der Waals surface area contributed by atoms with Gasteiger partial charge in [-0.3, -0.25) is 0 Å². The lowest BCUT2D eigenvalue weighted by molar-refractivity contribution is -0.421. The van der Waals surface area contributed by atoms with Crippen LogP contribution >= 0.6 is 0 Å². The molecule has 0 saturated carbocycles. The molecule has 8 N–H and O–H groups in total. The van der Waals surface area contributed by atoms with Crippen LogP contribution in [0.15, 0.2) is 0 Å². The minimum absolute atomic E-state index is 0.387. The smallest absolute Gasteiger partial charge is 0.202 e. The molecule has 0 aliphatic carbocycles. The second-order valence-corrected chi connectivity index (χ2v) is 8.63. The molecule has 14 heteroatoms. The first-order chi connectivity index (χ1) is 15.4. The molecule has 3 heterocycles. The number of hydrogen-bond donors (Lipinski definition) is 8. The average Bonchev–Trinajstić information content (AvgIpc) is 2.78. The summed E-state index contributed by atoms with van der Waals surface area (Å²) in [6.07, 6.45) is -18.6. The molecular weight excluding hydrogens is 452 g/mol. The number of aliphatic hydroxyl groups is 8. The minimum atomic E-state index is -2.36. The van der Waals surface area contributed by atoms with Crippen LogP contribution in [0.25, 0.3) is 0 Å². The summed E-state index contributed by atoms with van der Waals surface area (Å²) in [4.78, 5) is 0. The first kappa shape index (κ1) is 27.0. The van der Waals surface area contributed by atoms with Gasteiger partial charge in [-0.25, -0.2) is 0 Å². The molecule has 3 fully saturated rings. The van der Waals surface area contributed by atoms with Gasteiger partial charge in [0.1, 0.15) is 36.6 Å². The molecule has 6 unspecified atom stereocenters. The summed E-state index contributed by atoms with van der Waals surface area (Å²) in [7, 11) is 1.21. The van der Waals surface area contributed by atoms with Crippen LogP contribution < -0.4 is 0 Å². The number of aliphatic hydroxyl groups excluding tert-OH is 7. The van der Waals surface area contributed by atoms with Crippen molar-refractivity contribution in [2.75, 3.05) is 13.7 Å². The van der Waals surface area contributed by atoms with Crippen molar-refractivity contribution in [3.8, 4) is 0 Å². The van der Waals surface area contributed by atoms with Crippen LogP contribution in [-0.2, 0) is 28.4 Å². The van der Waals surface area contributed by atoms with E-state index in [-0.39, 0.29) is 6.42 Å². The fourth-order valence-electron chi connectivity index (χ4n) is 4.15. The van der Waals surface area contributed by atoms with Gasteiger partial charge in [0.2, 0.25) is 5.79 Å². The molecule has 3 saturated heterocycles. The highest BCUT2D eigenvalue weighted by Crippen LogP contribution is 2.36. The number of hydrogen-bond acceptors (Lipinski definition) is 14. The van der Waals surface area contributed by atoms with Gasteiger partial charge in [-0.15, -0.1) is 0 Å². The highest BCUT2D eigenvalue weighted by atomic mass is 16.8. The third-order valence-electron chi connectivity index (χ3n) is 6.20. The zero-order chi connectivity index (χ0) is 24.7. The second kappa shape index (κ2) is 10.6. The summed E-state index contributed by atoms with van der Waals surface area (Å²) < 4.78 is 32.2. The summed E-state index contributed by atoms with van der Waals surface area (Å²) in [6, 6.07) is 0. The topological polar surface area (TPSA) is 217 Å². The van der Waals surface area contributed by atoms with Crippen LogP contribution in [0.5, 0.6) is 0 Å². The standard InChI is InChI=1S/C19H34O14/c1-6-9(21)10(22)12(24)16(29-6)32-14-7(2)30-17(13(25)11(14)23)33-19(27)4-8(5-20)31-18(28-3)15(19)26/h6-18,20-27H,4-5H2,1-3H3/t6?,7?,8?,9-,10-,11+,12?,13?,14-,15?,16-,17-,18+,19-/m0/s1. The SMILES string of the molecule is CO[C@@H]1OC(CO)C[C@](O)(O[C@@H]2OC(C)[C@H](O[C@@H]3OC(C)[C@H](O)[C@H](O)C3O)[C@H](O)C2O)C1O. The van der Waals surface area contributed by atoms with Gasteiger partial charge in [0.25, 0.3) is 0 Å². The van der Waals surface area contributed by atoms with Gasteiger partial charge >= 0.3 is 0 Å². The van der Waals surface area contributed by atoms with Crippen LogP contribution in [0, 0.1) is 0 Å². The van der Waals surface area contributed by atoms with Crippen LogP contribution in [0.4, 0.5) is 0 Å². The second-order valence-electron chi connectivity index (χ2n) is 8.63. The van der Waals surface area contributed by atoms with E-state index in [0.717, 1.165) is 0 Å². The van der Waals surface area contributed by atoms with Gasteiger partial charge in [-0.2, -0.15) is 0 Å². The van der Waals surface area contributed by atoms with E-state index in [1.807, 2.05) is 0 Å². The summed E-state index contributed by atoms with van der Waals surface area (Å²) in [6.45, 7) is 2.40. The molecule has 194 valence electrons. The summed E-state index contributed by atoms with van der Waals surface area (Å²) in [5.41, 5.74) is 0. The van der Waals surface area contributed by atoms with Crippen molar-refractivity contribution in [3.05, 3.63) is 0 Å². The van der Waals surface area contributed by atoms with E-state index in [0.29, 0.717) is 0 Å². The Hall–Kier alpha value is -0.560.